The highest BCUT2D eigenvalue weighted by molar-refractivity contribution is 6.30. The number of nitrogens with zero attached hydrogens (tertiary/aromatic N) is 2. The van der Waals surface area contributed by atoms with Crippen LogP contribution < -0.4 is 10.1 Å². The zero-order chi connectivity index (χ0) is 17.6. The molecule has 3 rings (SSSR count). The number of fused-ring (bicyclic) bond motifs is 1. The summed E-state index contributed by atoms with van der Waals surface area (Å²) in [7, 11) is 0. The molecule has 0 aliphatic heterocycles. The third kappa shape index (κ3) is 4.51. The molecule has 2 aromatic carbocycles. The summed E-state index contributed by atoms with van der Waals surface area (Å²) in [5.74, 6) is 1.47. The summed E-state index contributed by atoms with van der Waals surface area (Å²) in [4.78, 5) is 16.4. The Labute approximate surface area is 151 Å². The molecule has 0 saturated carbocycles. The van der Waals surface area contributed by atoms with E-state index in [1.807, 2.05) is 25.1 Å². The molecule has 3 aromatic rings. The van der Waals surface area contributed by atoms with Gasteiger partial charge in [-0.2, -0.15) is 0 Å². The number of rotatable bonds is 7. The van der Waals surface area contributed by atoms with Crippen molar-refractivity contribution in [3.8, 4) is 5.75 Å². The first-order valence-corrected chi connectivity index (χ1v) is 8.58. The van der Waals surface area contributed by atoms with E-state index in [0.717, 1.165) is 29.8 Å². The SMILES string of the molecule is Cc1nc2ccccc2n1CCCNC(=O)COc1ccc(Cl)cc1. The molecule has 0 aliphatic rings. The Bertz CT molecular complexity index is 859. The number of hydrogen-bond acceptors (Lipinski definition) is 3. The zero-order valence-corrected chi connectivity index (χ0v) is 14.8. The maximum Gasteiger partial charge on any atom is 0.257 e. The van der Waals surface area contributed by atoms with Gasteiger partial charge in [-0.25, -0.2) is 4.98 Å². The molecule has 1 amide bonds. The second-order valence-electron chi connectivity index (χ2n) is 5.75. The van der Waals surface area contributed by atoms with Gasteiger partial charge in [0, 0.05) is 18.1 Å². The third-order valence-corrected chi connectivity index (χ3v) is 4.16. The lowest BCUT2D eigenvalue weighted by Gasteiger charge is -2.09. The number of hydrogen-bond donors (Lipinski definition) is 1. The standard InChI is InChI=1S/C19H20ClN3O2/c1-14-22-17-5-2-3-6-18(17)23(14)12-4-11-21-19(24)13-25-16-9-7-15(20)8-10-16/h2-3,5-10H,4,11-13H2,1H3,(H,21,24). The molecule has 1 heterocycles. The number of aryl methyl sites for hydroxylation is 2. The van der Waals surface area contributed by atoms with Crippen molar-refractivity contribution in [1.82, 2.24) is 14.9 Å². The second kappa shape index (κ2) is 8.03. The van der Waals surface area contributed by atoms with Crippen molar-refractivity contribution in [2.45, 2.75) is 19.9 Å². The molecule has 0 aliphatic carbocycles. The number of halogens is 1. The average molecular weight is 358 g/mol. The van der Waals surface area contributed by atoms with Gasteiger partial charge in [-0.05, 0) is 49.7 Å². The predicted molar refractivity (Wildman–Crippen MR) is 99.0 cm³/mol. The van der Waals surface area contributed by atoms with E-state index >= 15 is 0 Å². The number of ether oxygens (including phenoxy) is 1. The van der Waals surface area contributed by atoms with E-state index < -0.39 is 0 Å². The largest absolute Gasteiger partial charge is 0.484 e. The normalized spacial score (nSPS) is 10.8. The summed E-state index contributed by atoms with van der Waals surface area (Å²) in [6, 6.07) is 15.0. The van der Waals surface area contributed by atoms with Crippen LogP contribution in [0.5, 0.6) is 5.75 Å². The molecule has 0 radical (unpaired) electrons. The fourth-order valence-electron chi connectivity index (χ4n) is 2.67. The minimum absolute atomic E-state index is 0.00529. The maximum absolute atomic E-state index is 11.8. The van der Waals surface area contributed by atoms with E-state index in [1.165, 1.54) is 0 Å². The van der Waals surface area contributed by atoms with Crippen molar-refractivity contribution in [1.29, 1.82) is 0 Å². The third-order valence-electron chi connectivity index (χ3n) is 3.91. The molecular weight excluding hydrogens is 338 g/mol. The second-order valence-corrected chi connectivity index (χ2v) is 6.18. The summed E-state index contributed by atoms with van der Waals surface area (Å²) in [5.41, 5.74) is 2.12. The van der Waals surface area contributed by atoms with Gasteiger partial charge < -0.3 is 14.6 Å². The Kier molecular flexibility index (Phi) is 5.56. The Morgan fingerprint density at radius 1 is 1.20 bits per heavy atom. The molecule has 0 spiro atoms. The van der Waals surface area contributed by atoms with E-state index in [2.05, 4.69) is 20.9 Å². The van der Waals surface area contributed by atoms with Crippen molar-refractivity contribution >= 4 is 28.5 Å². The summed E-state index contributed by atoms with van der Waals surface area (Å²) in [6.07, 6.45) is 0.827. The number of nitrogens with one attached hydrogen (secondary N) is 1. The van der Waals surface area contributed by atoms with Gasteiger partial charge in [-0.15, -0.1) is 0 Å². The van der Waals surface area contributed by atoms with Gasteiger partial charge in [0.05, 0.1) is 11.0 Å². The zero-order valence-electron chi connectivity index (χ0n) is 14.0. The average Bonchev–Trinajstić information content (AvgIpc) is 2.93. The summed E-state index contributed by atoms with van der Waals surface area (Å²) in [6.45, 7) is 3.40. The first kappa shape index (κ1) is 17.3. The fraction of sp³-hybridized carbons (Fsp3) is 0.263. The summed E-state index contributed by atoms with van der Waals surface area (Å²) in [5, 5.41) is 3.51. The van der Waals surface area contributed by atoms with Gasteiger partial charge in [0.25, 0.3) is 5.91 Å². The number of carbonyl (C=O) groups excluding carboxylic acids is 1. The van der Waals surface area contributed by atoms with Gasteiger partial charge in [-0.1, -0.05) is 23.7 Å². The van der Waals surface area contributed by atoms with Gasteiger partial charge in [-0.3, -0.25) is 4.79 Å². The molecule has 0 bridgehead atoms. The molecule has 0 unspecified atom stereocenters. The van der Waals surface area contributed by atoms with Gasteiger partial charge in [0.2, 0.25) is 0 Å². The van der Waals surface area contributed by atoms with Crippen LogP contribution in [0.4, 0.5) is 0 Å². The number of carbonyl (C=O) groups is 1. The molecule has 1 N–H and O–H groups in total. The summed E-state index contributed by atoms with van der Waals surface area (Å²) >= 11 is 5.81. The fourth-order valence-corrected chi connectivity index (χ4v) is 2.80. The van der Waals surface area contributed by atoms with Crippen molar-refractivity contribution < 1.29 is 9.53 Å². The minimum atomic E-state index is -0.137. The maximum atomic E-state index is 11.8. The van der Waals surface area contributed by atoms with Crippen LogP contribution in [-0.4, -0.2) is 28.6 Å². The van der Waals surface area contributed by atoms with Crippen LogP contribution in [0.2, 0.25) is 5.02 Å². The molecule has 0 atom stereocenters. The Hall–Kier alpha value is -2.53. The minimum Gasteiger partial charge on any atom is -0.484 e. The van der Waals surface area contributed by atoms with Gasteiger partial charge >= 0.3 is 0 Å². The molecule has 0 saturated heterocycles. The Morgan fingerprint density at radius 2 is 1.96 bits per heavy atom. The van der Waals surface area contributed by atoms with Crippen LogP contribution >= 0.6 is 11.6 Å². The topological polar surface area (TPSA) is 56.2 Å². The number of benzene rings is 2. The van der Waals surface area contributed by atoms with Crippen LogP contribution in [-0.2, 0) is 11.3 Å². The molecular formula is C19H20ClN3O2. The Morgan fingerprint density at radius 3 is 2.76 bits per heavy atom. The van der Waals surface area contributed by atoms with E-state index in [0.29, 0.717) is 17.3 Å². The quantitative estimate of drug-likeness (QED) is 0.657. The van der Waals surface area contributed by atoms with E-state index in [9.17, 15) is 4.79 Å². The molecule has 5 nitrogen and oxygen atoms in total. The van der Waals surface area contributed by atoms with Crippen molar-refractivity contribution in [2.75, 3.05) is 13.2 Å². The van der Waals surface area contributed by atoms with Crippen LogP contribution in [0.1, 0.15) is 12.2 Å². The monoisotopic (exact) mass is 357 g/mol. The smallest absolute Gasteiger partial charge is 0.257 e. The van der Waals surface area contributed by atoms with Crippen molar-refractivity contribution in [3.63, 3.8) is 0 Å². The lowest BCUT2D eigenvalue weighted by Crippen LogP contribution is -2.30. The highest BCUT2D eigenvalue weighted by Gasteiger charge is 2.07. The number of amides is 1. The molecule has 6 heteroatoms. The lowest BCUT2D eigenvalue weighted by molar-refractivity contribution is -0.123. The number of imidazole rings is 1. The summed E-state index contributed by atoms with van der Waals surface area (Å²) < 4.78 is 7.59. The van der Waals surface area contributed by atoms with Crippen molar-refractivity contribution in [3.05, 3.63) is 59.4 Å². The molecule has 1 aromatic heterocycles. The number of para-hydroxylation sites is 2. The van der Waals surface area contributed by atoms with E-state index in [4.69, 9.17) is 16.3 Å². The van der Waals surface area contributed by atoms with E-state index in [-0.39, 0.29) is 12.5 Å². The Balaban J connectivity index is 1.42. The first-order valence-electron chi connectivity index (χ1n) is 8.20. The number of aromatic nitrogens is 2. The highest BCUT2D eigenvalue weighted by atomic mass is 35.5. The molecule has 25 heavy (non-hydrogen) atoms. The molecule has 130 valence electrons. The highest BCUT2D eigenvalue weighted by Crippen LogP contribution is 2.16. The van der Waals surface area contributed by atoms with Crippen LogP contribution in [0, 0.1) is 6.92 Å². The first-order chi connectivity index (χ1) is 12.1. The molecule has 0 fully saturated rings. The van der Waals surface area contributed by atoms with Crippen LogP contribution in [0.15, 0.2) is 48.5 Å². The van der Waals surface area contributed by atoms with E-state index in [1.54, 1.807) is 24.3 Å². The predicted octanol–water partition coefficient (Wildman–Crippen LogP) is 3.58. The van der Waals surface area contributed by atoms with Crippen LogP contribution in [0.3, 0.4) is 0 Å². The lowest BCUT2D eigenvalue weighted by atomic mass is 10.3. The van der Waals surface area contributed by atoms with Gasteiger partial charge in [0.1, 0.15) is 11.6 Å². The van der Waals surface area contributed by atoms with Crippen LogP contribution in [0.25, 0.3) is 11.0 Å². The van der Waals surface area contributed by atoms with Crippen molar-refractivity contribution in [2.24, 2.45) is 0 Å². The van der Waals surface area contributed by atoms with Gasteiger partial charge in [0.15, 0.2) is 6.61 Å².